The minimum Gasteiger partial charge on any atom is -0.106 e. The highest BCUT2D eigenvalue weighted by Gasteiger charge is 2.38. The maximum Gasteiger partial charge on any atom is 0.169 e. The Hall–Kier alpha value is 1.48. The molecule has 0 unspecified atom stereocenters. The normalized spacial score (nSPS) is 22.1. The SMILES string of the molecule is CS[P+](C)(C)C1SCCCS1. The molecule has 1 saturated heterocycles. The quantitative estimate of drug-likeness (QED) is 0.660. The summed E-state index contributed by atoms with van der Waals surface area (Å²) in [5.41, 5.74) is 0. The van der Waals surface area contributed by atoms with Crippen LogP contribution in [0.5, 0.6) is 0 Å². The lowest BCUT2D eigenvalue weighted by molar-refractivity contribution is 1.11. The fourth-order valence-corrected chi connectivity index (χ4v) is 9.93. The minimum absolute atomic E-state index is 0.656. The van der Waals surface area contributed by atoms with Crippen LogP contribution in [0.4, 0.5) is 0 Å². The molecule has 0 radical (unpaired) electrons. The van der Waals surface area contributed by atoms with E-state index in [9.17, 15) is 0 Å². The monoisotopic (exact) mass is 227 g/mol. The topological polar surface area (TPSA) is 0 Å². The minimum atomic E-state index is -0.656. The Kier molecular flexibility index (Phi) is 4.46. The molecule has 0 atom stereocenters. The molecule has 1 rings (SSSR count). The molecule has 0 aromatic rings. The summed E-state index contributed by atoms with van der Waals surface area (Å²) in [7, 11) is 0. The van der Waals surface area contributed by atoms with E-state index in [4.69, 9.17) is 0 Å². The van der Waals surface area contributed by atoms with Gasteiger partial charge < -0.3 is 0 Å². The summed E-state index contributed by atoms with van der Waals surface area (Å²) in [5.74, 6) is 2.78. The molecule has 0 N–H and O–H groups in total. The molecular weight excluding hydrogens is 211 g/mol. The van der Waals surface area contributed by atoms with Gasteiger partial charge in [-0.05, 0) is 17.9 Å². The zero-order chi connectivity index (χ0) is 8.32. The second kappa shape index (κ2) is 4.64. The first kappa shape index (κ1) is 10.6. The molecule has 0 amide bonds. The van der Waals surface area contributed by atoms with E-state index >= 15 is 0 Å². The summed E-state index contributed by atoms with van der Waals surface area (Å²) in [6.07, 6.45) is 3.68. The molecule has 0 bridgehead atoms. The molecule has 1 fully saturated rings. The molecule has 0 aromatic carbocycles. The Labute approximate surface area is 83.1 Å². The van der Waals surface area contributed by atoms with Crippen LogP contribution in [-0.2, 0) is 0 Å². The van der Waals surface area contributed by atoms with E-state index in [2.05, 4.69) is 54.5 Å². The summed E-state index contributed by atoms with van der Waals surface area (Å²) < 4.78 is 0.922. The van der Waals surface area contributed by atoms with Gasteiger partial charge in [-0.25, -0.2) is 0 Å². The third-order valence-corrected chi connectivity index (χ3v) is 14.5. The first-order chi connectivity index (χ1) is 5.17. The number of thioether (sulfide) groups is 2. The highest BCUT2D eigenvalue weighted by molar-refractivity contribution is 8.66. The summed E-state index contributed by atoms with van der Waals surface area (Å²) in [6.45, 7) is 4.28. The molecule has 1 aliphatic heterocycles. The molecule has 0 saturated carbocycles. The van der Waals surface area contributed by atoms with Crippen LogP contribution >= 0.6 is 41.4 Å². The Balaban J connectivity index is 2.43. The van der Waals surface area contributed by atoms with Crippen LogP contribution in [0.2, 0.25) is 0 Å². The van der Waals surface area contributed by atoms with Crippen molar-refractivity contribution in [3.63, 3.8) is 0 Å². The number of hydrogen-bond donors (Lipinski definition) is 0. The standard InChI is InChI=1S/C7H16PS3/c1-8(2,9-3)7-10-5-4-6-11-7/h7H,4-6H2,1-3H3/q+1. The van der Waals surface area contributed by atoms with Crippen molar-refractivity contribution < 1.29 is 0 Å². The third-order valence-electron chi connectivity index (χ3n) is 1.79. The molecule has 0 aliphatic carbocycles. The Bertz CT molecular complexity index is 121. The Morgan fingerprint density at radius 3 is 2.27 bits per heavy atom. The van der Waals surface area contributed by atoms with Crippen LogP contribution in [0.1, 0.15) is 6.42 Å². The van der Waals surface area contributed by atoms with Crippen molar-refractivity contribution >= 4 is 41.4 Å². The van der Waals surface area contributed by atoms with Crippen LogP contribution in [0.15, 0.2) is 0 Å². The van der Waals surface area contributed by atoms with Gasteiger partial charge in [-0.2, -0.15) is 0 Å². The largest absolute Gasteiger partial charge is 0.169 e. The second-order valence-electron chi connectivity index (χ2n) is 3.02. The van der Waals surface area contributed by atoms with Gasteiger partial charge in [-0.3, -0.25) is 0 Å². The van der Waals surface area contributed by atoms with E-state index in [1.165, 1.54) is 17.9 Å². The highest BCUT2D eigenvalue weighted by atomic mass is 32.7. The first-order valence-corrected chi connectivity index (χ1v) is 10.5. The molecule has 0 spiro atoms. The highest BCUT2D eigenvalue weighted by Crippen LogP contribution is 2.72. The fraction of sp³-hybridized carbons (Fsp3) is 1.00. The van der Waals surface area contributed by atoms with E-state index in [0.29, 0.717) is 0 Å². The first-order valence-electron chi connectivity index (χ1n) is 3.79. The van der Waals surface area contributed by atoms with Gasteiger partial charge in [0.05, 0.1) is 19.8 Å². The number of rotatable bonds is 2. The summed E-state index contributed by atoms with van der Waals surface area (Å²) >= 11 is 6.48. The van der Waals surface area contributed by atoms with E-state index < -0.39 is 6.46 Å². The van der Waals surface area contributed by atoms with Crippen LogP contribution < -0.4 is 0 Å². The lowest BCUT2D eigenvalue weighted by Crippen LogP contribution is -2.08. The maximum absolute atomic E-state index is 2.47. The van der Waals surface area contributed by atoms with Crippen molar-refractivity contribution in [1.82, 2.24) is 0 Å². The Morgan fingerprint density at radius 1 is 1.27 bits per heavy atom. The zero-order valence-corrected chi connectivity index (χ0v) is 10.7. The van der Waals surface area contributed by atoms with Crippen molar-refractivity contribution in [3.8, 4) is 0 Å². The van der Waals surface area contributed by atoms with Gasteiger partial charge in [0.25, 0.3) is 0 Å². The van der Waals surface area contributed by atoms with Gasteiger partial charge in [0.2, 0.25) is 0 Å². The average molecular weight is 227 g/mol. The van der Waals surface area contributed by atoms with Gasteiger partial charge in [-0.15, -0.1) is 23.5 Å². The maximum atomic E-state index is 2.47. The van der Waals surface area contributed by atoms with Crippen molar-refractivity contribution in [2.24, 2.45) is 0 Å². The predicted octanol–water partition coefficient (Wildman–Crippen LogP) is 3.70. The van der Waals surface area contributed by atoms with Crippen molar-refractivity contribution in [2.45, 2.75) is 10.7 Å². The average Bonchev–Trinajstić information content (AvgIpc) is 2.06. The third kappa shape index (κ3) is 3.02. The molecule has 66 valence electrons. The second-order valence-corrected chi connectivity index (χ2v) is 14.1. The zero-order valence-electron chi connectivity index (χ0n) is 7.37. The fourth-order valence-electron chi connectivity index (χ4n) is 0.920. The van der Waals surface area contributed by atoms with Gasteiger partial charge in [-0.1, -0.05) is 0 Å². The van der Waals surface area contributed by atoms with E-state index in [1.54, 1.807) is 0 Å². The van der Waals surface area contributed by atoms with Crippen LogP contribution in [0.25, 0.3) is 0 Å². The molecule has 0 aromatic heterocycles. The Morgan fingerprint density at radius 2 is 1.82 bits per heavy atom. The van der Waals surface area contributed by atoms with Crippen molar-refractivity contribution in [2.75, 3.05) is 31.1 Å². The lowest BCUT2D eigenvalue weighted by atomic mass is 10.6. The summed E-state index contributed by atoms with van der Waals surface area (Å²) in [6, 6.07) is 0. The summed E-state index contributed by atoms with van der Waals surface area (Å²) in [4.78, 5) is 0. The predicted molar refractivity (Wildman–Crippen MR) is 65.6 cm³/mol. The molecular formula is C7H16PS3+. The number of hydrogen-bond acceptors (Lipinski definition) is 3. The molecule has 1 heterocycles. The van der Waals surface area contributed by atoms with E-state index in [1.807, 2.05) is 0 Å². The van der Waals surface area contributed by atoms with E-state index in [-0.39, 0.29) is 0 Å². The molecule has 0 nitrogen and oxygen atoms in total. The van der Waals surface area contributed by atoms with Crippen molar-refractivity contribution in [3.05, 3.63) is 0 Å². The molecule has 4 heteroatoms. The molecule has 11 heavy (non-hydrogen) atoms. The van der Waals surface area contributed by atoms with E-state index in [0.717, 1.165) is 4.32 Å². The smallest absolute Gasteiger partial charge is 0.106 e. The summed E-state index contributed by atoms with van der Waals surface area (Å²) in [5, 5.41) is 0. The lowest BCUT2D eigenvalue weighted by Gasteiger charge is -2.27. The van der Waals surface area contributed by atoms with Crippen molar-refractivity contribution in [1.29, 1.82) is 0 Å². The van der Waals surface area contributed by atoms with Gasteiger partial charge >= 0.3 is 0 Å². The van der Waals surface area contributed by atoms with Gasteiger partial charge in [0, 0.05) is 17.6 Å². The van der Waals surface area contributed by atoms with Crippen LogP contribution in [0.3, 0.4) is 0 Å². The van der Waals surface area contributed by atoms with Crippen LogP contribution in [-0.4, -0.2) is 35.4 Å². The van der Waals surface area contributed by atoms with Crippen LogP contribution in [0, 0.1) is 0 Å². The molecule has 1 aliphatic rings. The van der Waals surface area contributed by atoms with Gasteiger partial charge in [0.1, 0.15) is 0 Å². The van der Waals surface area contributed by atoms with Gasteiger partial charge in [0.15, 0.2) is 4.32 Å².